The van der Waals surface area contributed by atoms with E-state index in [2.05, 4.69) is 44.6 Å². The van der Waals surface area contributed by atoms with E-state index in [1.165, 1.54) is 5.56 Å². The minimum atomic E-state index is 0.263. The van der Waals surface area contributed by atoms with Crippen LogP contribution in [0.1, 0.15) is 24.4 Å². The van der Waals surface area contributed by atoms with Crippen molar-refractivity contribution in [1.82, 2.24) is 25.1 Å². The molecule has 0 saturated carbocycles. The molecule has 1 saturated heterocycles. The normalized spacial score (nSPS) is 17.6. The second-order valence-corrected chi connectivity index (χ2v) is 7.51. The Bertz CT molecular complexity index is 998. The summed E-state index contributed by atoms with van der Waals surface area (Å²) in [6.45, 7) is 8.31. The van der Waals surface area contributed by atoms with Crippen LogP contribution in [0.4, 0.5) is 5.82 Å². The standard InChI is InChI=1S/C20H24N6O2/c1-13(16-3-4-17-18(9-16)28-8-7-27-17)21-10-15-11-25(12-15)20-6-5-19-23-22-14(2)26(19)24-20/h3-6,9,13,15,21H,7-8,10-12H2,1-2H3. The summed E-state index contributed by atoms with van der Waals surface area (Å²) >= 11 is 0. The molecule has 28 heavy (non-hydrogen) atoms. The van der Waals surface area contributed by atoms with Crippen LogP contribution >= 0.6 is 0 Å². The van der Waals surface area contributed by atoms with Crippen molar-refractivity contribution in [2.24, 2.45) is 5.92 Å². The lowest BCUT2D eigenvalue weighted by atomic mass is 9.99. The van der Waals surface area contributed by atoms with Gasteiger partial charge in [-0.2, -0.15) is 4.52 Å². The first-order chi connectivity index (χ1) is 13.7. The van der Waals surface area contributed by atoms with Gasteiger partial charge in [0.1, 0.15) is 19.0 Å². The zero-order chi connectivity index (χ0) is 19.1. The number of anilines is 1. The molecule has 1 atom stereocenters. The smallest absolute Gasteiger partial charge is 0.178 e. The first-order valence-electron chi connectivity index (χ1n) is 9.74. The molecule has 5 rings (SSSR count). The summed E-state index contributed by atoms with van der Waals surface area (Å²) in [5.41, 5.74) is 2.00. The first kappa shape index (κ1) is 17.2. The van der Waals surface area contributed by atoms with Crippen molar-refractivity contribution in [1.29, 1.82) is 0 Å². The molecular formula is C20H24N6O2. The predicted octanol–water partition coefficient (Wildman–Crippen LogP) is 1.99. The Morgan fingerprint density at radius 1 is 1.11 bits per heavy atom. The number of rotatable bonds is 5. The fourth-order valence-corrected chi connectivity index (χ4v) is 3.73. The van der Waals surface area contributed by atoms with Crippen molar-refractivity contribution < 1.29 is 9.47 Å². The Kier molecular flexibility index (Phi) is 4.27. The second-order valence-electron chi connectivity index (χ2n) is 7.51. The van der Waals surface area contributed by atoms with Gasteiger partial charge in [0.05, 0.1) is 0 Å². The third kappa shape index (κ3) is 3.13. The number of fused-ring (bicyclic) bond motifs is 2. The van der Waals surface area contributed by atoms with E-state index in [4.69, 9.17) is 9.47 Å². The molecule has 0 spiro atoms. The third-order valence-corrected chi connectivity index (χ3v) is 5.46. The van der Waals surface area contributed by atoms with E-state index in [0.717, 1.165) is 48.4 Å². The fourth-order valence-electron chi connectivity index (χ4n) is 3.73. The van der Waals surface area contributed by atoms with Crippen molar-refractivity contribution in [3.63, 3.8) is 0 Å². The van der Waals surface area contributed by atoms with Crippen LogP contribution in [0.5, 0.6) is 11.5 Å². The maximum atomic E-state index is 5.69. The van der Waals surface area contributed by atoms with Crippen LogP contribution in [0.3, 0.4) is 0 Å². The lowest BCUT2D eigenvalue weighted by molar-refractivity contribution is 0.171. The van der Waals surface area contributed by atoms with Crippen LogP contribution in [0, 0.1) is 12.8 Å². The Morgan fingerprint density at radius 3 is 2.79 bits per heavy atom. The van der Waals surface area contributed by atoms with Gasteiger partial charge in [0, 0.05) is 31.6 Å². The Balaban J connectivity index is 1.16. The predicted molar refractivity (Wildman–Crippen MR) is 105 cm³/mol. The summed E-state index contributed by atoms with van der Waals surface area (Å²) in [7, 11) is 0. The lowest BCUT2D eigenvalue weighted by Crippen LogP contribution is -2.51. The molecule has 3 aromatic rings. The number of benzene rings is 1. The molecule has 1 aromatic carbocycles. The third-order valence-electron chi connectivity index (χ3n) is 5.46. The topological polar surface area (TPSA) is 76.8 Å². The number of ether oxygens (including phenoxy) is 2. The van der Waals surface area contributed by atoms with E-state index in [9.17, 15) is 0 Å². The summed E-state index contributed by atoms with van der Waals surface area (Å²) < 4.78 is 13.1. The molecular weight excluding hydrogens is 356 g/mol. The zero-order valence-electron chi connectivity index (χ0n) is 16.1. The van der Waals surface area contributed by atoms with Crippen molar-refractivity contribution >= 4 is 11.5 Å². The van der Waals surface area contributed by atoms with Crippen LogP contribution in [0.15, 0.2) is 30.3 Å². The van der Waals surface area contributed by atoms with E-state index < -0.39 is 0 Å². The van der Waals surface area contributed by atoms with Crippen LogP contribution in [-0.4, -0.2) is 52.7 Å². The Morgan fingerprint density at radius 2 is 1.93 bits per heavy atom. The molecule has 2 aliphatic rings. The average Bonchev–Trinajstić information content (AvgIpc) is 3.06. The summed E-state index contributed by atoms with van der Waals surface area (Å²) in [4.78, 5) is 2.29. The molecule has 4 heterocycles. The average molecular weight is 380 g/mol. The second kappa shape index (κ2) is 6.94. The molecule has 0 aliphatic carbocycles. The summed E-state index contributed by atoms with van der Waals surface area (Å²) in [5, 5.41) is 16.4. The van der Waals surface area contributed by atoms with E-state index in [0.29, 0.717) is 19.1 Å². The maximum Gasteiger partial charge on any atom is 0.178 e. The molecule has 8 nitrogen and oxygen atoms in total. The summed E-state index contributed by atoms with van der Waals surface area (Å²) in [6, 6.07) is 10.4. The number of hydrogen-bond acceptors (Lipinski definition) is 7. The van der Waals surface area contributed by atoms with Gasteiger partial charge in [-0.3, -0.25) is 0 Å². The van der Waals surface area contributed by atoms with Gasteiger partial charge in [0.2, 0.25) is 0 Å². The SMILES string of the molecule is Cc1nnc2ccc(N3CC(CNC(C)c4ccc5c(c4)OCCO5)C3)nn12. The molecule has 1 unspecified atom stereocenters. The van der Waals surface area contributed by atoms with Gasteiger partial charge < -0.3 is 19.7 Å². The minimum Gasteiger partial charge on any atom is -0.486 e. The van der Waals surface area contributed by atoms with Gasteiger partial charge in [-0.15, -0.1) is 15.3 Å². The van der Waals surface area contributed by atoms with Crippen LogP contribution in [-0.2, 0) is 0 Å². The number of aromatic nitrogens is 4. The van der Waals surface area contributed by atoms with Gasteiger partial charge in [0.15, 0.2) is 23.0 Å². The number of aryl methyl sites for hydroxylation is 1. The number of nitrogens with zero attached hydrogens (tertiary/aromatic N) is 5. The molecule has 0 amide bonds. The van der Waals surface area contributed by atoms with E-state index in [1.54, 1.807) is 4.52 Å². The molecule has 2 aliphatic heterocycles. The quantitative estimate of drug-likeness (QED) is 0.725. The van der Waals surface area contributed by atoms with Crippen molar-refractivity contribution in [3.8, 4) is 11.5 Å². The number of nitrogens with one attached hydrogen (secondary N) is 1. The maximum absolute atomic E-state index is 5.69. The van der Waals surface area contributed by atoms with E-state index in [-0.39, 0.29) is 6.04 Å². The Labute approximate surface area is 163 Å². The highest BCUT2D eigenvalue weighted by Crippen LogP contribution is 2.32. The van der Waals surface area contributed by atoms with Gasteiger partial charge in [-0.1, -0.05) is 6.07 Å². The van der Waals surface area contributed by atoms with E-state index >= 15 is 0 Å². The molecule has 0 radical (unpaired) electrons. The molecule has 0 bridgehead atoms. The van der Waals surface area contributed by atoms with Crippen molar-refractivity contribution in [2.75, 3.05) is 37.7 Å². The molecule has 8 heteroatoms. The largest absolute Gasteiger partial charge is 0.486 e. The summed E-state index contributed by atoms with van der Waals surface area (Å²) in [5.74, 6) is 4.08. The highest BCUT2D eigenvalue weighted by Gasteiger charge is 2.28. The van der Waals surface area contributed by atoms with Crippen molar-refractivity contribution in [3.05, 3.63) is 41.7 Å². The zero-order valence-corrected chi connectivity index (χ0v) is 16.1. The highest BCUT2D eigenvalue weighted by molar-refractivity contribution is 5.47. The minimum absolute atomic E-state index is 0.263. The van der Waals surface area contributed by atoms with Crippen LogP contribution in [0.2, 0.25) is 0 Å². The van der Waals surface area contributed by atoms with E-state index in [1.807, 2.05) is 25.1 Å². The van der Waals surface area contributed by atoms with Gasteiger partial charge >= 0.3 is 0 Å². The van der Waals surface area contributed by atoms with Gasteiger partial charge in [0.25, 0.3) is 0 Å². The van der Waals surface area contributed by atoms with Gasteiger partial charge in [-0.05, 0) is 43.7 Å². The highest BCUT2D eigenvalue weighted by atomic mass is 16.6. The number of hydrogen-bond donors (Lipinski definition) is 1. The molecule has 1 N–H and O–H groups in total. The lowest BCUT2D eigenvalue weighted by Gasteiger charge is -2.40. The molecule has 2 aromatic heterocycles. The van der Waals surface area contributed by atoms with Crippen LogP contribution in [0.25, 0.3) is 5.65 Å². The molecule has 1 fully saturated rings. The van der Waals surface area contributed by atoms with Gasteiger partial charge in [-0.25, -0.2) is 0 Å². The monoisotopic (exact) mass is 380 g/mol. The molecule has 146 valence electrons. The Hall–Kier alpha value is -2.87. The fraction of sp³-hybridized carbons (Fsp3) is 0.450. The van der Waals surface area contributed by atoms with Crippen molar-refractivity contribution in [2.45, 2.75) is 19.9 Å². The summed E-state index contributed by atoms with van der Waals surface area (Å²) in [6.07, 6.45) is 0. The first-order valence-corrected chi connectivity index (χ1v) is 9.74. The van der Waals surface area contributed by atoms with Crippen LogP contribution < -0.4 is 19.7 Å².